The maximum Gasteiger partial charge on any atom is 0.373 e. The lowest BCUT2D eigenvalue weighted by atomic mass is 9.87. The van der Waals surface area contributed by atoms with E-state index in [4.69, 9.17) is 10.1 Å². The van der Waals surface area contributed by atoms with Crippen LogP contribution < -0.4 is 5.23 Å². The van der Waals surface area contributed by atoms with Crippen molar-refractivity contribution in [2.45, 2.75) is 32.8 Å². The minimum absolute atomic E-state index is 0.0509. The summed E-state index contributed by atoms with van der Waals surface area (Å²) in [5.74, 6) is 0. The maximum atomic E-state index is 8.90. The molecule has 0 heterocycles. The molecule has 0 aliphatic carbocycles. The molecule has 0 amide bonds. The van der Waals surface area contributed by atoms with Crippen molar-refractivity contribution in [1.29, 1.82) is 0 Å². The quantitative estimate of drug-likeness (QED) is 0.450. The second-order valence-corrected chi connectivity index (χ2v) is 2.37. The first kappa shape index (κ1) is 8.94. The third-order valence-corrected chi connectivity index (χ3v) is 1.23. The smallest absolute Gasteiger partial charge is 0.373 e. The fourth-order valence-corrected chi connectivity index (χ4v) is 0.520. The summed E-state index contributed by atoms with van der Waals surface area (Å²) in [7, 11) is -0.547. The molecule has 0 aliphatic rings. The molecule has 0 spiro atoms. The highest BCUT2D eigenvalue weighted by atomic mass is 16.3. The lowest BCUT2D eigenvalue weighted by molar-refractivity contribution is 0.161. The first-order valence-electron chi connectivity index (χ1n) is 3.16. The first-order valence-corrected chi connectivity index (χ1v) is 3.16. The minimum atomic E-state index is -0.547. The first-order chi connectivity index (χ1) is 4.04. The van der Waals surface area contributed by atoms with E-state index in [0.29, 0.717) is 0 Å². The lowest BCUT2D eigenvalue weighted by Gasteiger charge is -2.16. The second-order valence-electron chi connectivity index (χ2n) is 2.37. The number of aliphatic hydroxyl groups excluding tert-OH is 1. The molecule has 9 heavy (non-hydrogen) atoms. The van der Waals surface area contributed by atoms with Gasteiger partial charge in [0.05, 0.1) is 6.10 Å². The molecule has 0 saturated heterocycles. The van der Waals surface area contributed by atoms with Gasteiger partial charge in [0.15, 0.2) is 0 Å². The average molecular weight is 131 g/mol. The van der Waals surface area contributed by atoms with Gasteiger partial charge >= 0.3 is 7.05 Å². The molecule has 0 fully saturated rings. The molecular weight excluding hydrogens is 117 g/mol. The van der Waals surface area contributed by atoms with Crippen LogP contribution >= 0.6 is 0 Å². The van der Waals surface area contributed by atoms with Crippen LogP contribution in [0.1, 0.15) is 13.8 Å². The molecule has 0 rings (SSSR count). The predicted molar refractivity (Wildman–Crippen MR) is 38.1 cm³/mol. The zero-order chi connectivity index (χ0) is 7.44. The minimum Gasteiger partial charge on any atom is -0.437 e. The highest BCUT2D eigenvalue weighted by Crippen LogP contribution is 1.89. The molecular formula is C5H14BNO2. The summed E-state index contributed by atoms with van der Waals surface area (Å²) < 4.78 is 0. The van der Waals surface area contributed by atoms with Crippen molar-refractivity contribution < 1.29 is 10.1 Å². The van der Waals surface area contributed by atoms with Crippen LogP contribution in [0.4, 0.5) is 0 Å². The van der Waals surface area contributed by atoms with Crippen LogP contribution in [-0.4, -0.2) is 29.3 Å². The molecule has 0 radical (unpaired) electrons. The van der Waals surface area contributed by atoms with Crippen LogP contribution in [0.25, 0.3) is 0 Å². The van der Waals surface area contributed by atoms with Gasteiger partial charge in [-0.2, -0.15) is 0 Å². The van der Waals surface area contributed by atoms with E-state index in [1.165, 1.54) is 0 Å². The van der Waals surface area contributed by atoms with Crippen molar-refractivity contribution in [3.05, 3.63) is 0 Å². The van der Waals surface area contributed by atoms with Crippen molar-refractivity contribution in [2.24, 2.45) is 0 Å². The standard InChI is InChI=1S/C5H14BNO2/c1-4(5(2)8)7-6(3)9/h4-5,7-9H,1-3H3/t4?,5-/m0/s1. The van der Waals surface area contributed by atoms with Crippen molar-refractivity contribution in [3.63, 3.8) is 0 Å². The molecule has 54 valence electrons. The predicted octanol–water partition coefficient (Wildman–Crippen LogP) is -0.544. The molecule has 0 aromatic rings. The summed E-state index contributed by atoms with van der Waals surface area (Å²) in [4.78, 5) is 0. The highest BCUT2D eigenvalue weighted by Gasteiger charge is 2.11. The van der Waals surface area contributed by atoms with Gasteiger partial charge in [0.1, 0.15) is 0 Å². The van der Waals surface area contributed by atoms with E-state index in [9.17, 15) is 0 Å². The summed E-state index contributed by atoms with van der Waals surface area (Å²) in [6, 6.07) is -0.0509. The molecule has 2 atom stereocenters. The Hall–Kier alpha value is -0.0551. The Morgan fingerprint density at radius 3 is 2.00 bits per heavy atom. The normalized spacial score (nSPS) is 17.0. The monoisotopic (exact) mass is 131 g/mol. The van der Waals surface area contributed by atoms with Gasteiger partial charge in [0.2, 0.25) is 0 Å². The average Bonchev–Trinajstić information content (AvgIpc) is 1.63. The number of hydrogen-bond acceptors (Lipinski definition) is 3. The molecule has 4 heteroatoms. The molecule has 0 saturated carbocycles. The van der Waals surface area contributed by atoms with Gasteiger partial charge in [-0.25, -0.2) is 0 Å². The van der Waals surface area contributed by atoms with Crippen LogP contribution in [0, 0.1) is 0 Å². The van der Waals surface area contributed by atoms with E-state index in [1.54, 1.807) is 13.7 Å². The summed E-state index contributed by atoms with van der Waals surface area (Å²) in [6.45, 7) is 5.12. The van der Waals surface area contributed by atoms with Crippen LogP contribution in [0.5, 0.6) is 0 Å². The molecule has 3 nitrogen and oxygen atoms in total. The van der Waals surface area contributed by atoms with Crippen LogP contribution in [0.2, 0.25) is 6.82 Å². The van der Waals surface area contributed by atoms with Crippen LogP contribution in [0.15, 0.2) is 0 Å². The zero-order valence-electron chi connectivity index (χ0n) is 6.13. The number of hydrogen-bond donors (Lipinski definition) is 3. The zero-order valence-corrected chi connectivity index (χ0v) is 6.13. The van der Waals surface area contributed by atoms with Gasteiger partial charge in [0.25, 0.3) is 0 Å². The largest absolute Gasteiger partial charge is 0.437 e. The van der Waals surface area contributed by atoms with Crippen LogP contribution in [-0.2, 0) is 0 Å². The Morgan fingerprint density at radius 2 is 1.89 bits per heavy atom. The summed E-state index contributed by atoms with van der Waals surface area (Å²) >= 11 is 0. The molecule has 1 unspecified atom stereocenters. The Morgan fingerprint density at radius 1 is 1.44 bits per heavy atom. The van der Waals surface area contributed by atoms with Crippen molar-refractivity contribution >= 4 is 7.05 Å². The van der Waals surface area contributed by atoms with E-state index in [1.807, 2.05) is 6.92 Å². The van der Waals surface area contributed by atoms with E-state index in [-0.39, 0.29) is 6.04 Å². The summed E-state index contributed by atoms with van der Waals surface area (Å²) in [5, 5.41) is 20.4. The van der Waals surface area contributed by atoms with Crippen molar-refractivity contribution in [3.8, 4) is 0 Å². The van der Waals surface area contributed by atoms with E-state index in [0.717, 1.165) is 0 Å². The lowest BCUT2D eigenvalue weighted by Crippen LogP contribution is -2.43. The van der Waals surface area contributed by atoms with E-state index >= 15 is 0 Å². The SMILES string of the molecule is CB(O)NC(C)[C@H](C)O. The van der Waals surface area contributed by atoms with Gasteiger partial charge in [0, 0.05) is 6.04 Å². The number of rotatable bonds is 3. The molecule has 0 aromatic carbocycles. The second kappa shape index (κ2) is 3.87. The Bertz CT molecular complexity index is 77.4. The molecule has 0 bridgehead atoms. The number of nitrogens with one attached hydrogen (secondary N) is 1. The summed E-state index contributed by atoms with van der Waals surface area (Å²) in [5.41, 5.74) is 0. The van der Waals surface area contributed by atoms with Gasteiger partial charge in [-0.15, -0.1) is 0 Å². The highest BCUT2D eigenvalue weighted by molar-refractivity contribution is 6.45. The van der Waals surface area contributed by atoms with Gasteiger partial charge < -0.3 is 15.4 Å². The Kier molecular flexibility index (Phi) is 3.85. The van der Waals surface area contributed by atoms with E-state index < -0.39 is 13.2 Å². The third kappa shape index (κ3) is 4.45. The topological polar surface area (TPSA) is 52.5 Å². The molecule has 0 aromatic heterocycles. The summed E-state index contributed by atoms with van der Waals surface area (Å²) in [6.07, 6.45) is -0.417. The molecule has 3 N–H and O–H groups in total. The fraction of sp³-hybridized carbons (Fsp3) is 1.00. The van der Waals surface area contributed by atoms with Gasteiger partial charge in [-0.1, -0.05) is 0 Å². The number of aliphatic hydroxyl groups is 1. The van der Waals surface area contributed by atoms with Crippen molar-refractivity contribution in [2.75, 3.05) is 0 Å². The Labute approximate surface area is 56.2 Å². The fourth-order valence-electron chi connectivity index (χ4n) is 0.520. The van der Waals surface area contributed by atoms with Crippen LogP contribution in [0.3, 0.4) is 0 Å². The Balaban J connectivity index is 3.38. The van der Waals surface area contributed by atoms with Gasteiger partial charge in [-0.05, 0) is 20.7 Å². The maximum absolute atomic E-state index is 8.90. The van der Waals surface area contributed by atoms with E-state index in [2.05, 4.69) is 5.23 Å². The third-order valence-electron chi connectivity index (χ3n) is 1.23. The van der Waals surface area contributed by atoms with Crippen molar-refractivity contribution in [1.82, 2.24) is 5.23 Å². The van der Waals surface area contributed by atoms with Gasteiger partial charge in [-0.3, -0.25) is 0 Å². The molecule has 0 aliphatic heterocycles.